The first kappa shape index (κ1) is 22.7. The van der Waals surface area contributed by atoms with Gasteiger partial charge in [0.15, 0.2) is 0 Å². The molecular formula is C20H24ClN3O4S3. The fourth-order valence-electron chi connectivity index (χ4n) is 4.24. The molecule has 2 amide bonds. The van der Waals surface area contributed by atoms with E-state index in [4.69, 9.17) is 17.3 Å². The Bertz CT molecular complexity index is 1120. The molecule has 0 radical (unpaired) electrons. The zero-order valence-electron chi connectivity index (χ0n) is 17.0. The largest absolute Gasteiger partial charge is 0.365 e. The first-order valence-corrected chi connectivity index (χ1v) is 13.6. The third-order valence-electron chi connectivity index (χ3n) is 5.96. The maximum absolute atomic E-state index is 12.9. The van der Waals surface area contributed by atoms with Crippen LogP contribution < -0.4 is 11.1 Å². The number of amides is 2. The lowest BCUT2D eigenvalue weighted by Crippen LogP contribution is -2.41. The number of fused-ring (bicyclic) bond motifs is 1. The van der Waals surface area contributed by atoms with E-state index in [9.17, 15) is 18.0 Å². The summed E-state index contributed by atoms with van der Waals surface area (Å²) in [5, 5.41) is 3.45. The van der Waals surface area contributed by atoms with E-state index in [1.54, 1.807) is 6.07 Å². The minimum absolute atomic E-state index is 0.189. The molecule has 31 heavy (non-hydrogen) atoms. The second-order valence-corrected chi connectivity index (χ2v) is 13.1. The average molecular weight is 502 g/mol. The van der Waals surface area contributed by atoms with Gasteiger partial charge in [-0.1, -0.05) is 18.5 Å². The van der Waals surface area contributed by atoms with Gasteiger partial charge in [0.25, 0.3) is 15.9 Å². The van der Waals surface area contributed by atoms with Gasteiger partial charge in [0, 0.05) is 23.9 Å². The van der Waals surface area contributed by atoms with Crippen molar-refractivity contribution < 1.29 is 18.0 Å². The molecule has 11 heteroatoms. The van der Waals surface area contributed by atoms with Crippen molar-refractivity contribution >= 4 is 61.1 Å². The molecule has 3 N–H and O–H groups in total. The number of nitrogens with two attached hydrogens (primary N) is 1. The molecule has 0 bridgehead atoms. The highest BCUT2D eigenvalue weighted by atomic mass is 35.5. The number of carbonyl (C=O) groups is 2. The lowest BCUT2D eigenvalue weighted by Gasteiger charge is -2.30. The van der Waals surface area contributed by atoms with E-state index in [0.717, 1.165) is 41.0 Å². The molecule has 1 saturated heterocycles. The van der Waals surface area contributed by atoms with Crippen molar-refractivity contribution in [1.29, 1.82) is 0 Å². The van der Waals surface area contributed by atoms with E-state index >= 15 is 0 Å². The average Bonchev–Trinajstić information content (AvgIpc) is 3.31. The Morgan fingerprint density at radius 2 is 1.90 bits per heavy atom. The summed E-state index contributed by atoms with van der Waals surface area (Å²) < 4.78 is 27.5. The van der Waals surface area contributed by atoms with Crippen LogP contribution in [0.5, 0.6) is 0 Å². The van der Waals surface area contributed by atoms with Gasteiger partial charge in [0.2, 0.25) is 5.91 Å². The number of nitrogens with one attached hydrogen (secondary N) is 1. The van der Waals surface area contributed by atoms with Crippen LogP contribution in [-0.2, 0) is 27.7 Å². The smallest absolute Gasteiger partial charge is 0.252 e. The lowest BCUT2D eigenvalue weighted by molar-refractivity contribution is -0.120. The summed E-state index contributed by atoms with van der Waals surface area (Å²) in [4.78, 5) is 26.1. The lowest BCUT2D eigenvalue weighted by atomic mass is 9.88. The molecule has 7 nitrogen and oxygen atoms in total. The minimum atomic E-state index is -3.60. The summed E-state index contributed by atoms with van der Waals surface area (Å²) in [6.07, 6.45) is 3.51. The first-order chi connectivity index (χ1) is 14.7. The van der Waals surface area contributed by atoms with E-state index in [1.165, 1.54) is 21.7 Å². The molecule has 2 aliphatic rings. The van der Waals surface area contributed by atoms with Crippen LogP contribution in [-0.4, -0.2) is 37.6 Å². The Kier molecular flexibility index (Phi) is 6.47. The highest BCUT2D eigenvalue weighted by Gasteiger charge is 2.34. The monoisotopic (exact) mass is 501 g/mol. The van der Waals surface area contributed by atoms with Gasteiger partial charge in [-0.2, -0.15) is 4.31 Å². The number of primary amides is 1. The van der Waals surface area contributed by atoms with Gasteiger partial charge in [0.05, 0.1) is 9.90 Å². The Balaban J connectivity index is 1.44. The van der Waals surface area contributed by atoms with Crippen LogP contribution >= 0.6 is 34.3 Å². The molecule has 3 heterocycles. The Labute approximate surface area is 194 Å². The molecule has 2 aromatic rings. The van der Waals surface area contributed by atoms with Crippen LogP contribution in [0.25, 0.3) is 0 Å². The molecule has 1 aliphatic heterocycles. The normalized spacial score (nSPS) is 20.4. The van der Waals surface area contributed by atoms with E-state index in [1.807, 2.05) is 0 Å². The second kappa shape index (κ2) is 8.82. The fraction of sp³-hybridized carbons (Fsp3) is 0.500. The van der Waals surface area contributed by atoms with Gasteiger partial charge in [-0.25, -0.2) is 8.42 Å². The number of rotatable bonds is 5. The topological polar surface area (TPSA) is 110 Å². The molecule has 168 valence electrons. The second-order valence-electron chi connectivity index (χ2n) is 8.15. The summed E-state index contributed by atoms with van der Waals surface area (Å²) >= 11 is 8.35. The number of carbonyl (C=O) groups excluding carboxylic acids is 2. The maximum atomic E-state index is 12.9. The number of halogens is 1. The van der Waals surface area contributed by atoms with E-state index in [2.05, 4.69) is 12.2 Å². The van der Waals surface area contributed by atoms with Crippen molar-refractivity contribution in [2.75, 3.05) is 18.4 Å². The van der Waals surface area contributed by atoms with Gasteiger partial charge < -0.3 is 11.1 Å². The number of thiophene rings is 2. The van der Waals surface area contributed by atoms with Gasteiger partial charge in [-0.3, -0.25) is 9.59 Å². The van der Waals surface area contributed by atoms with Crippen molar-refractivity contribution in [3.05, 3.63) is 32.5 Å². The van der Waals surface area contributed by atoms with Crippen LogP contribution in [0.1, 0.15) is 47.0 Å². The van der Waals surface area contributed by atoms with Crippen LogP contribution in [0.2, 0.25) is 4.34 Å². The van der Waals surface area contributed by atoms with E-state index in [-0.39, 0.29) is 29.1 Å². The number of hydrogen-bond donors (Lipinski definition) is 2. The fourth-order valence-corrected chi connectivity index (χ4v) is 8.76. The summed E-state index contributed by atoms with van der Waals surface area (Å²) in [5.41, 5.74) is 7.04. The third kappa shape index (κ3) is 4.54. The first-order valence-electron chi connectivity index (χ1n) is 10.2. The molecule has 1 aliphatic carbocycles. The summed E-state index contributed by atoms with van der Waals surface area (Å²) in [6.45, 7) is 2.70. The summed E-state index contributed by atoms with van der Waals surface area (Å²) in [7, 11) is -3.60. The Hall–Kier alpha value is -1.46. The maximum Gasteiger partial charge on any atom is 0.252 e. The summed E-state index contributed by atoms with van der Waals surface area (Å²) in [6, 6.07) is 3.07. The molecular weight excluding hydrogens is 478 g/mol. The minimum Gasteiger partial charge on any atom is -0.365 e. The third-order valence-corrected chi connectivity index (χ3v) is 10.7. The van der Waals surface area contributed by atoms with E-state index < -0.39 is 15.9 Å². The summed E-state index contributed by atoms with van der Waals surface area (Å²) in [5.74, 6) is -0.486. The molecule has 0 saturated carbocycles. The SMILES string of the molecule is CC1CCc2c(sc(NC(=O)C3CCN(S(=O)(=O)c4ccc(Cl)s4)CC3)c2C(N)=O)C1. The van der Waals surface area contributed by atoms with Gasteiger partial charge in [0.1, 0.15) is 9.21 Å². The van der Waals surface area contributed by atoms with Crippen molar-refractivity contribution in [3.8, 4) is 0 Å². The zero-order chi connectivity index (χ0) is 22.3. The van der Waals surface area contributed by atoms with Crippen molar-refractivity contribution in [3.63, 3.8) is 0 Å². The standard InChI is InChI=1S/C20H24ClN3O4S3/c1-11-2-3-13-14(10-11)29-20(17(13)18(22)25)23-19(26)12-6-8-24(9-7-12)31(27,28)16-5-4-15(21)30-16/h4-5,11-12H,2-3,6-10H2,1H3,(H2,22,25)(H,23,26). The number of anilines is 1. The van der Waals surface area contributed by atoms with Crippen LogP contribution in [0.15, 0.2) is 16.3 Å². The van der Waals surface area contributed by atoms with E-state index in [0.29, 0.717) is 33.7 Å². The van der Waals surface area contributed by atoms with Crippen molar-refractivity contribution in [2.24, 2.45) is 17.6 Å². The molecule has 0 spiro atoms. The molecule has 1 fully saturated rings. The number of nitrogens with zero attached hydrogens (tertiary/aromatic N) is 1. The van der Waals surface area contributed by atoms with Crippen molar-refractivity contribution in [1.82, 2.24) is 4.31 Å². The quantitative estimate of drug-likeness (QED) is 0.650. The van der Waals surface area contributed by atoms with Gasteiger partial charge in [-0.15, -0.1) is 22.7 Å². The Morgan fingerprint density at radius 3 is 2.52 bits per heavy atom. The van der Waals surface area contributed by atoms with Crippen LogP contribution in [0.3, 0.4) is 0 Å². The number of sulfonamides is 1. The highest BCUT2D eigenvalue weighted by Crippen LogP contribution is 2.40. The van der Waals surface area contributed by atoms with Gasteiger partial charge >= 0.3 is 0 Å². The molecule has 2 aromatic heterocycles. The predicted molar refractivity (Wildman–Crippen MR) is 123 cm³/mol. The molecule has 4 rings (SSSR count). The van der Waals surface area contributed by atoms with Gasteiger partial charge in [-0.05, 0) is 55.7 Å². The van der Waals surface area contributed by atoms with Crippen LogP contribution in [0.4, 0.5) is 5.00 Å². The zero-order valence-corrected chi connectivity index (χ0v) is 20.2. The number of hydrogen-bond acceptors (Lipinski definition) is 6. The number of piperidine rings is 1. The Morgan fingerprint density at radius 1 is 1.19 bits per heavy atom. The highest BCUT2D eigenvalue weighted by molar-refractivity contribution is 7.91. The molecule has 1 unspecified atom stereocenters. The van der Waals surface area contributed by atoms with Crippen LogP contribution in [0, 0.1) is 11.8 Å². The van der Waals surface area contributed by atoms with Crippen molar-refractivity contribution in [2.45, 2.75) is 43.2 Å². The predicted octanol–water partition coefficient (Wildman–Crippen LogP) is 3.73. The molecule has 0 aromatic carbocycles. The molecule has 1 atom stereocenters.